The minimum atomic E-state index is -0.350. The summed E-state index contributed by atoms with van der Waals surface area (Å²) in [5.74, 6) is 0. The average molecular weight is 180 g/mol. The maximum atomic E-state index is 9.20. The molecule has 2 rings (SSSR count). The number of hydrogen-bond acceptors (Lipinski definition) is 4. The molecule has 0 bridgehead atoms. The Morgan fingerprint density at radius 1 is 1.69 bits per heavy atom. The largest absolute Gasteiger partial charge is 0.389 e. The molecule has 1 aromatic rings. The maximum Gasteiger partial charge on any atom is 0.0958 e. The summed E-state index contributed by atoms with van der Waals surface area (Å²) in [6.07, 6.45) is 3.19. The third-order valence-corrected chi connectivity index (χ3v) is 1.95. The van der Waals surface area contributed by atoms with E-state index < -0.39 is 0 Å². The molecule has 2 heterocycles. The van der Waals surface area contributed by atoms with Gasteiger partial charge in [-0.3, -0.25) is 9.82 Å². The van der Waals surface area contributed by atoms with Crippen LogP contribution in [0.1, 0.15) is 5.56 Å². The van der Waals surface area contributed by atoms with Gasteiger partial charge in [0.1, 0.15) is 0 Å². The van der Waals surface area contributed by atoms with Crippen LogP contribution >= 0.6 is 0 Å². The Morgan fingerprint density at radius 2 is 2.62 bits per heavy atom. The van der Waals surface area contributed by atoms with Crippen LogP contribution in [0.3, 0.4) is 0 Å². The number of aromatic nitrogens is 1. The van der Waals surface area contributed by atoms with Gasteiger partial charge in [-0.1, -0.05) is 6.07 Å². The van der Waals surface area contributed by atoms with Crippen molar-refractivity contribution in [3.05, 3.63) is 30.1 Å². The predicted octanol–water partition coefficient (Wildman–Crippen LogP) is 0.190. The number of hydrogen-bond donors (Lipinski definition) is 1. The molecule has 0 aromatic carbocycles. The van der Waals surface area contributed by atoms with Crippen LogP contribution in [0, 0.1) is 0 Å². The second-order valence-corrected chi connectivity index (χ2v) is 3.13. The Morgan fingerprint density at radius 3 is 3.23 bits per heavy atom. The highest BCUT2D eigenvalue weighted by Crippen LogP contribution is 2.09. The lowest BCUT2D eigenvalue weighted by Crippen LogP contribution is -2.20. The van der Waals surface area contributed by atoms with Crippen molar-refractivity contribution in [3.63, 3.8) is 0 Å². The molecular formula is C9H12N2O2. The Hall–Kier alpha value is -0.970. The van der Waals surface area contributed by atoms with Crippen molar-refractivity contribution >= 4 is 0 Å². The molecule has 1 aliphatic heterocycles. The van der Waals surface area contributed by atoms with Gasteiger partial charge in [0, 0.05) is 12.4 Å². The van der Waals surface area contributed by atoms with Gasteiger partial charge in [-0.2, -0.15) is 5.06 Å². The van der Waals surface area contributed by atoms with Gasteiger partial charge < -0.3 is 5.11 Å². The van der Waals surface area contributed by atoms with E-state index in [1.807, 2.05) is 12.1 Å². The molecule has 0 amide bonds. The summed E-state index contributed by atoms with van der Waals surface area (Å²) in [6.45, 7) is 1.67. The van der Waals surface area contributed by atoms with Crippen molar-refractivity contribution in [1.82, 2.24) is 10.0 Å². The lowest BCUT2D eigenvalue weighted by atomic mass is 10.3. The Bertz CT molecular complexity index is 266. The van der Waals surface area contributed by atoms with E-state index in [0.717, 1.165) is 5.56 Å². The van der Waals surface area contributed by atoms with E-state index in [0.29, 0.717) is 19.7 Å². The molecule has 1 atom stereocenters. The number of nitrogens with zero attached hydrogens (tertiary/aromatic N) is 2. The van der Waals surface area contributed by atoms with Crippen molar-refractivity contribution in [1.29, 1.82) is 0 Å². The first-order valence-electron chi connectivity index (χ1n) is 4.29. The highest BCUT2D eigenvalue weighted by atomic mass is 16.7. The summed E-state index contributed by atoms with van der Waals surface area (Å²) >= 11 is 0. The van der Waals surface area contributed by atoms with Crippen LogP contribution < -0.4 is 0 Å². The first-order valence-corrected chi connectivity index (χ1v) is 4.29. The molecule has 1 N–H and O–H groups in total. The molecule has 1 aromatic heterocycles. The summed E-state index contributed by atoms with van der Waals surface area (Å²) < 4.78 is 0. The van der Waals surface area contributed by atoms with Crippen LogP contribution in [0.25, 0.3) is 0 Å². The quantitative estimate of drug-likeness (QED) is 0.705. The SMILES string of the molecule is O[C@@H]1CON(Cc2cccnc2)C1. The number of hydroxylamine groups is 2. The topological polar surface area (TPSA) is 45.6 Å². The minimum Gasteiger partial charge on any atom is -0.389 e. The van der Waals surface area contributed by atoms with Crippen molar-refractivity contribution in [2.24, 2.45) is 0 Å². The van der Waals surface area contributed by atoms with Gasteiger partial charge in [-0.25, -0.2) is 0 Å². The molecule has 1 aliphatic rings. The van der Waals surface area contributed by atoms with E-state index in [1.54, 1.807) is 17.5 Å². The zero-order valence-electron chi connectivity index (χ0n) is 7.26. The lowest BCUT2D eigenvalue weighted by molar-refractivity contribution is -0.117. The monoisotopic (exact) mass is 180 g/mol. The summed E-state index contributed by atoms with van der Waals surface area (Å²) in [7, 11) is 0. The molecular weight excluding hydrogens is 168 g/mol. The van der Waals surface area contributed by atoms with Crippen LogP contribution in [0.2, 0.25) is 0 Å². The van der Waals surface area contributed by atoms with E-state index in [-0.39, 0.29) is 6.10 Å². The fraction of sp³-hybridized carbons (Fsp3) is 0.444. The van der Waals surface area contributed by atoms with Crippen molar-refractivity contribution in [2.75, 3.05) is 13.2 Å². The summed E-state index contributed by atoms with van der Waals surface area (Å²) in [6, 6.07) is 3.88. The predicted molar refractivity (Wildman–Crippen MR) is 46.6 cm³/mol. The molecule has 0 spiro atoms. The second kappa shape index (κ2) is 3.83. The molecule has 0 radical (unpaired) electrons. The van der Waals surface area contributed by atoms with Crippen LogP contribution in [0.15, 0.2) is 24.5 Å². The smallest absolute Gasteiger partial charge is 0.0958 e. The molecule has 13 heavy (non-hydrogen) atoms. The van der Waals surface area contributed by atoms with Gasteiger partial charge in [-0.05, 0) is 11.6 Å². The van der Waals surface area contributed by atoms with Gasteiger partial charge in [0.05, 0.1) is 25.8 Å². The number of aliphatic hydroxyl groups is 1. The third kappa shape index (κ3) is 2.24. The third-order valence-electron chi connectivity index (χ3n) is 1.95. The van der Waals surface area contributed by atoms with E-state index in [1.165, 1.54) is 0 Å². The standard InChI is InChI=1S/C9H12N2O2/c12-9-6-11(13-7-9)5-8-2-1-3-10-4-8/h1-4,9,12H,5-7H2/t9-/m0/s1. The van der Waals surface area contributed by atoms with Gasteiger partial charge >= 0.3 is 0 Å². The molecule has 1 saturated heterocycles. The summed E-state index contributed by atoms with van der Waals surface area (Å²) in [5.41, 5.74) is 1.09. The van der Waals surface area contributed by atoms with Gasteiger partial charge in [-0.15, -0.1) is 0 Å². The number of aliphatic hydroxyl groups excluding tert-OH is 1. The zero-order chi connectivity index (χ0) is 9.10. The fourth-order valence-electron chi connectivity index (χ4n) is 1.34. The zero-order valence-corrected chi connectivity index (χ0v) is 7.26. The molecule has 0 saturated carbocycles. The summed E-state index contributed by atoms with van der Waals surface area (Å²) in [5, 5.41) is 10.9. The Labute approximate surface area is 76.7 Å². The Balaban J connectivity index is 1.92. The lowest BCUT2D eigenvalue weighted by Gasteiger charge is -2.12. The van der Waals surface area contributed by atoms with E-state index >= 15 is 0 Å². The number of β-amino-alcohol motifs (C(OH)–C–C–N with tert-alkyl or cyclic N) is 1. The highest BCUT2D eigenvalue weighted by molar-refractivity contribution is 5.07. The van der Waals surface area contributed by atoms with Crippen molar-refractivity contribution in [2.45, 2.75) is 12.6 Å². The second-order valence-electron chi connectivity index (χ2n) is 3.13. The first-order chi connectivity index (χ1) is 6.34. The van der Waals surface area contributed by atoms with Gasteiger partial charge in [0.2, 0.25) is 0 Å². The number of rotatable bonds is 2. The van der Waals surface area contributed by atoms with Gasteiger partial charge in [0.15, 0.2) is 0 Å². The van der Waals surface area contributed by atoms with Crippen LogP contribution in [-0.2, 0) is 11.4 Å². The van der Waals surface area contributed by atoms with Crippen molar-refractivity contribution in [3.8, 4) is 0 Å². The molecule has 4 nitrogen and oxygen atoms in total. The average Bonchev–Trinajstić information content (AvgIpc) is 2.53. The van der Waals surface area contributed by atoms with E-state index in [9.17, 15) is 5.11 Å². The summed E-state index contributed by atoms with van der Waals surface area (Å²) in [4.78, 5) is 9.23. The maximum absolute atomic E-state index is 9.20. The molecule has 0 aliphatic carbocycles. The van der Waals surface area contributed by atoms with Crippen LogP contribution in [-0.4, -0.2) is 34.4 Å². The van der Waals surface area contributed by atoms with Crippen molar-refractivity contribution < 1.29 is 9.94 Å². The fourth-order valence-corrected chi connectivity index (χ4v) is 1.34. The van der Waals surface area contributed by atoms with Gasteiger partial charge in [0.25, 0.3) is 0 Å². The normalized spacial score (nSPS) is 23.6. The molecule has 70 valence electrons. The van der Waals surface area contributed by atoms with Crippen LogP contribution in [0.4, 0.5) is 0 Å². The molecule has 4 heteroatoms. The van der Waals surface area contributed by atoms with Crippen LogP contribution in [0.5, 0.6) is 0 Å². The van der Waals surface area contributed by atoms with E-state index in [2.05, 4.69) is 4.98 Å². The molecule has 1 fully saturated rings. The number of pyridine rings is 1. The minimum absolute atomic E-state index is 0.350. The van der Waals surface area contributed by atoms with E-state index in [4.69, 9.17) is 4.84 Å². The Kier molecular flexibility index (Phi) is 2.54. The molecule has 0 unspecified atom stereocenters. The highest BCUT2D eigenvalue weighted by Gasteiger charge is 2.20. The first kappa shape index (κ1) is 8.62.